The molecule has 1 aliphatic rings. The van der Waals surface area contributed by atoms with E-state index < -0.39 is 12.1 Å². The van der Waals surface area contributed by atoms with Crippen molar-refractivity contribution in [1.29, 1.82) is 0 Å². The molecule has 1 N–H and O–H groups in total. The SMILES string of the molecule is CC(C)c1ccc(C(=O)O[C@@H](C)C(=O)NCCC2=CCCCC2)cc1. The summed E-state index contributed by atoms with van der Waals surface area (Å²) in [5.74, 6) is -0.300. The van der Waals surface area contributed by atoms with Crippen molar-refractivity contribution in [2.45, 2.75) is 64.9 Å². The van der Waals surface area contributed by atoms with Gasteiger partial charge in [-0.15, -0.1) is 0 Å². The molecule has 0 spiro atoms. The highest BCUT2D eigenvalue weighted by atomic mass is 16.5. The molecule has 0 saturated carbocycles. The fourth-order valence-electron chi connectivity index (χ4n) is 2.91. The van der Waals surface area contributed by atoms with Crippen LogP contribution in [0.3, 0.4) is 0 Å². The molecular weight excluding hydrogens is 314 g/mol. The molecule has 0 saturated heterocycles. The zero-order chi connectivity index (χ0) is 18.2. The second-order valence-electron chi connectivity index (χ2n) is 6.97. The maximum atomic E-state index is 12.2. The van der Waals surface area contributed by atoms with Gasteiger partial charge in [-0.2, -0.15) is 0 Å². The molecule has 25 heavy (non-hydrogen) atoms. The largest absolute Gasteiger partial charge is 0.449 e. The van der Waals surface area contributed by atoms with Gasteiger partial charge in [0.1, 0.15) is 0 Å². The number of carbonyl (C=O) groups is 2. The van der Waals surface area contributed by atoms with Crippen molar-refractivity contribution in [3.63, 3.8) is 0 Å². The highest BCUT2D eigenvalue weighted by Gasteiger charge is 2.18. The number of rotatable bonds is 7. The van der Waals surface area contributed by atoms with E-state index in [1.165, 1.54) is 24.0 Å². The quantitative estimate of drug-likeness (QED) is 0.591. The Balaban J connectivity index is 1.77. The molecule has 1 aromatic rings. The van der Waals surface area contributed by atoms with Crippen molar-refractivity contribution in [3.8, 4) is 0 Å². The first-order valence-electron chi connectivity index (χ1n) is 9.24. The second kappa shape index (κ2) is 9.40. The van der Waals surface area contributed by atoms with Crippen LogP contribution in [0, 0.1) is 0 Å². The summed E-state index contributed by atoms with van der Waals surface area (Å²) in [5.41, 5.74) is 3.05. The van der Waals surface area contributed by atoms with Gasteiger partial charge in [-0.25, -0.2) is 4.79 Å². The predicted octanol–water partition coefficient (Wildman–Crippen LogP) is 4.36. The smallest absolute Gasteiger partial charge is 0.338 e. The molecular formula is C21H29NO3. The minimum absolute atomic E-state index is 0.247. The first-order chi connectivity index (χ1) is 12.0. The Morgan fingerprint density at radius 2 is 1.84 bits per heavy atom. The second-order valence-corrected chi connectivity index (χ2v) is 6.97. The molecule has 0 unspecified atom stereocenters. The van der Waals surface area contributed by atoms with Crippen LogP contribution in [0.2, 0.25) is 0 Å². The van der Waals surface area contributed by atoms with Crippen molar-refractivity contribution >= 4 is 11.9 Å². The summed E-state index contributed by atoms with van der Waals surface area (Å²) in [6.45, 7) is 6.40. The fourth-order valence-corrected chi connectivity index (χ4v) is 2.91. The highest BCUT2D eigenvalue weighted by Crippen LogP contribution is 2.19. The van der Waals surface area contributed by atoms with Gasteiger partial charge in [0.2, 0.25) is 0 Å². The molecule has 4 heteroatoms. The molecule has 0 fully saturated rings. The van der Waals surface area contributed by atoms with Gasteiger partial charge in [-0.05, 0) is 62.6 Å². The number of amides is 1. The summed E-state index contributed by atoms with van der Waals surface area (Å²) in [6, 6.07) is 7.34. The van der Waals surface area contributed by atoms with Crippen molar-refractivity contribution in [2.24, 2.45) is 0 Å². The Kier molecular flexibility index (Phi) is 7.23. The van der Waals surface area contributed by atoms with Gasteiger partial charge in [0, 0.05) is 6.54 Å². The Morgan fingerprint density at radius 3 is 2.44 bits per heavy atom. The van der Waals surface area contributed by atoms with Crippen molar-refractivity contribution in [3.05, 3.63) is 47.0 Å². The molecule has 0 radical (unpaired) electrons. The zero-order valence-corrected chi connectivity index (χ0v) is 15.5. The minimum Gasteiger partial charge on any atom is -0.449 e. The van der Waals surface area contributed by atoms with Crippen LogP contribution in [-0.4, -0.2) is 24.5 Å². The molecule has 1 amide bonds. The number of carbonyl (C=O) groups excluding carboxylic acids is 2. The molecule has 136 valence electrons. The molecule has 0 bridgehead atoms. The van der Waals surface area contributed by atoms with Gasteiger partial charge in [0.05, 0.1) is 5.56 Å². The van der Waals surface area contributed by atoms with Crippen LogP contribution in [-0.2, 0) is 9.53 Å². The van der Waals surface area contributed by atoms with E-state index in [1.54, 1.807) is 19.1 Å². The number of allylic oxidation sites excluding steroid dienone is 1. The summed E-state index contributed by atoms with van der Waals surface area (Å²) >= 11 is 0. The monoisotopic (exact) mass is 343 g/mol. The molecule has 1 atom stereocenters. The number of ether oxygens (including phenoxy) is 1. The topological polar surface area (TPSA) is 55.4 Å². The number of esters is 1. The summed E-state index contributed by atoms with van der Waals surface area (Å²) < 4.78 is 5.28. The Morgan fingerprint density at radius 1 is 1.12 bits per heavy atom. The standard InChI is InChI=1S/C21H29NO3/c1-15(2)18-9-11-19(12-10-18)21(24)25-16(3)20(23)22-14-13-17-7-5-4-6-8-17/h7,9-12,15-16H,4-6,8,13-14H2,1-3H3,(H,22,23)/t16-/m0/s1. The average Bonchev–Trinajstić information content (AvgIpc) is 2.62. The van der Waals surface area contributed by atoms with Gasteiger partial charge >= 0.3 is 5.97 Å². The van der Waals surface area contributed by atoms with E-state index in [4.69, 9.17) is 4.74 Å². The number of hydrogen-bond acceptors (Lipinski definition) is 3. The maximum absolute atomic E-state index is 12.2. The molecule has 0 aliphatic heterocycles. The van der Waals surface area contributed by atoms with Crippen LogP contribution in [0.1, 0.15) is 74.7 Å². The lowest BCUT2D eigenvalue weighted by molar-refractivity contribution is -0.129. The number of nitrogens with one attached hydrogen (secondary N) is 1. The number of hydrogen-bond donors (Lipinski definition) is 1. The van der Waals surface area contributed by atoms with Crippen LogP contribution >= 0.6 is 0 Å². The van der Waals surface area contributed by atoms with Gasteiger partial charge < -0.3 is 10.1 Å². The van der Waals surface area contributed by atoms with E-state index in [9.17, 15) is 9.59 Å². The van der Waals surface area contributed by atoms with Crippen molar-refractivity contribution in [1.82, 2.24) is 5.32 Å². The lowest BCUT2D eigenvalue weighted by Crippen LogP contribution is -2.36. The lowest BCUT2D eigenvalue weighted by atomic mass is 9.97. The molecule has 0 heterocycles. The third kappa shape index (κ3) is 6.04. The minimum atomic E-state index is -0.794. The van der Waals surface area contributed by atoms with Crippen molar-refractivity contribution < 1.29 is 14.3 Å². The van der Waals surface area contributed by atoms with E-state index >= 15 is 0 Å². The summed E-state index contributed by atoms with van der Waals surface area (Å²) in [7, 11) is 0. The zero-order valence-electron chi connectivity index (χ0n) is 15.5. The van der Waals surface area contributed by atoms with E-state index in [-0.39, 0.29) is 5.91 Å². The van der Waals surface area contributed by atoms with Gasteiger partial charge in [-0.3, -0.25) is 4.79 Å². The lowest BCUT2D eigenvalue weighted by Gasteiger charge is -2.16. The highest BCUT2D eigenvalue weighted by molar-refractivity contribution is 5.92. The van der Waals surface area contributed by atoms with E-state index in [1.807, 2.05) is 12.1 Å². The van der Waals surface area contributed by atoms with Gasteiger partial charge in [0.25, 0.3) is 5.91 Å². The molecule has 1 aromatic carbocycles. The fraction of sp³-hybridized carbons (Fsp3) is 0.524. The average molecular weight is 343 g/mol. The first kappa shape index (κ1) is 19.2. The van der Waals surface area contributed by atoms with Crippen LogP contribution in [0.25, 0.3) is 0 Å². The molecule has 4 nitrogen and oxygen atoms in total. The normalized spacial score (nSPS) is 15.4. The van der Waals surface area contributed by atoms with Gasteiger partial charge in [0.15, 0.2) is 6.10 Å². The third-order valence-electron chi connectivity index (χ3n) is 4.60. The molecule has 1 aliphatic carbocycles. The predicted molar refractivity (Wildman–Crippen MR) is 99.6 cm³/mol. The van der Waals surface area contributed by atoms with Crippen molar-refractivity contribution in [2.75, 3.05) is 6.54 Å². The number of benzene rings is 1. The summed E-state index contributed by atoms with van der Waals surface area (Å²) in [6.07, 6.45) is 7.14. The molecule has 0 aromatic heterocycles. The Hall–Kier alpha value is -2.10. The Bertz CT molecular complexity index is 617. The van der Waals surface area contributed by atoms with Crippen LogP contribution in [0.4, 0.5) is 0 Å². The van der Waals surface area contributed by atoms with E-state index in [0.717, 1.165) is 19.3 Å². The van der Waals surface area contributed by atoms with Gasteiger partial charge in [-0.1, -0.05) is 37.6 Å². The third-order valence-corrected chi connectivity index (χ3v) is 4.60. The molecule has 2 rings (SSSR count). The first-order valence-corrected chi connectivity index (χ1v) is 9.24. The maximum Gasteiger partial charge on any atom is 0.338 e. The van der Waals surface area contributed by atoms with Crippen LogP contribution < -0.4 is 5.32 Å². The summed E-state index contributed by atoms with van der Waals surface area (Å²) in [4.78, 5) is 24.2. The van der Waals surface area contributed by atoms with Crippen LogP contribution in [0.15, 0.2) is 35.9 Å². The summed E-state index contributed by atoms with van der Waals surface area (Å²) in [5, 5.41) is 2.85. The van der Waals surface area contributed by atoms with E-state index in [0.29, 0.717) is 18.0 Å². The Labute approximate surface area is 150 Å². The van der Waals surface area contributed by atoms with Crippen LogP contribution in [0.5, 0.6) is 0 Å². The van der Waals surface area contributed by atoms with E-state index in [2.05, 4.69) is 25.2 Å².